The van der Waals surface area contributed by atoms with E-state index in [0.29, 0.717) is 13.4 Å². The summed E-state index contributed by atoms with van der Waals surface area (Å²) in [5, 5.41) is 0. The largest absolute Gasteiger partial charge is 0.355 e. The smallest absolute Gasteiger partial charge is 0.211 e. The lowest BCUT2D eigenvalue weighted by atomic mass is 10.5. The standard InChI is InChI=1S/C5H9O3/c1-2-6-4-8-5-7-3-1/h4H,1-3,5H2. The molecule has 1 rings (SSSR count). The minimum Gasteiger partial charge on any atom is -0.355 e. The first kappa shape index (κ1) is 6.01. The number of rotatable bonds is 0. The Morgan fingerprint density at radius 3 is 3.12 bits per heavy atom. The van der Waals surface area contributed by atoms with Gasteiger partial charge >= 0.3 is 0 Å². The summed E-state index contributed by atoms with van der Waals surface area (Å²) in [6.07, 6.45) is 0.944. The van der Waals surface area contributed by atoms with Gasteiger partial charge in [-0.1, -0.05) is 0 Å². The normalized spacial score (nSPS) is 24.0. The van der Waals surface area contributed by atoms with Gasteiger partial charge in [0, 0.05) is 0 Å². The van der Waals surface area contributed by atoms with E-state index in [2.05, 4.69) is 0 Å². The summed E-state index contributed by atoms with van der Waals surface area (Å²) < 4.78 is 14.5. The van der Waals surface area contributed by atoms with Crippen LogP contribution in [0.3, 0.4) is 0 Å². The first-order valence-corrected chi connectivity index (χ1v) is 2.63. The lowest BCUT2D eigenvalue weighted by Gasteiger charge is -2.08. The lowest BCUT2D eigenvalue weighted by molar-refractivity contribution is -0.107. The molecule has 0 amide bonds. The van der Waals surface area contributed by atoms with Crippen molar-refractivity contribution in [3.8, 4) is 0 Å². The molecule has 0 unspecified atom stereocenters. The van der Waals surface area contributed by atoms with E-state index in [4.69, 9.17) is 14.2 Å². The van der Waals surface area contributed by atoms with Gasteiger partial charge in [0.1, 0.15) is 6.79 Å². The molecule has 47 valence electrons. The summed E-state index contributed by atoms with van der Waals surface area (Å²) in [6.45, 7) is 3.06. The summed E-state index contributed by atoms with van der Waals surface area (Å²) in [6, 6.07) is 0. The second kappa shape index (κ2) is 3.83. The Morgan fingerprint density at radius 1 is 1.12 bits per heavy atom. The summed E-state index contributed by atoms with van der Waals surface area (Å²) in [5.41, 5.74) is 0. The molecule has 0 atom stereocenters. The lowest BCUT2D eigenvalue weighted by Crippen LogP contribution is -2.08. The number of ether oxygens (including phenoxy) is 3. The van der Waals surface area contributed by atoms with Crippen molar-refractivity contribution in [1.29, 1.82) is 0 Å². The second-order valence-electron chi connectivity index (χ2n) is 1.51. The van der Waals surface area contributed by atoms with Gasteiger partial charge in [-0.3, -0.25) is 0 Å². The van der Waals surface area contributed by atoms with E-state index in [0.717, 1.165) is 13.0 Å². The van der Waals surface area contributed by atoms with E-state index in [-0.39, 0.29) is 0 Å². The van der Waals surface area contributed by atoms with Crippen molar-refractivity contribution < 1.29 is 14.2 Å². The monoisotopic (exact) mass is 117 g/mol. The molecular formula is C5H9O3. The molecule has 0 aliphatic carbocycles. The summed E-state index contributed by atoms with van der Waals surface area (Å²) >= 11 is 0. The third-order valence-corrected chi connectivity index (χ3v) is 0.838. The Hall–Kier alpha value is -0.120. The molecule has 0 N–H and O–H groups in total. The predicted molar refractivity (Wildman–Crippen MR) is 26.8 cm³/mol. The fourth-order valence-electron chi connectivity index (χ4n) is 0.475. The van der Waals surface area contributed by atoms with Crippen LogP contribution in [0.1, 0.15) is 6.42 Å². The highest BCUT2D eigenvalue weighted by Crippen LogP contribution is 1.94. The second-order valence-corrected chi connectivity index (χ2v) is 1.51. The van der Waals surface area contributed by atoms with Gasteiger partial charge < -0.3 is 14.2 Å². The van der Waals surface area contributed by atoms with Gasteiger partial charge in [-0.15, -0.1) is 0 Å². The molecule has 0 bridgehead atoms. The van der Waals surface area contributed by atoms with Crippen LogP contribution in [0.2, 0.25) is 0 Å². The maximum absolute atomic E-state index is 4.94. The van der Waals surface area contributed by atoms with Crippen LogP contribution in [-0.2, 0) is 14.2 Å². The van der Waals surface area contributed by atoms with Crippen molar-refractivity contribution >= 4 is 0 Å². The van der Waals surface area contributed by atoms with Gasteiger partial charge in [0.2, 0.25) is 6.79 Å². The van der Waals surface area contributed by atoms with Crippen LogP contribution >= 0.6 is 0 Å². The van der Waals surface area contributed by atoms with E-state index < -0.39 is 0 Å². The highest BCUT2D eigenvalue weighted by Gasteiger charge is 1.95. The van der Waals surface area contributed by atoms with Crippen molar-refractivity contribution in [3.63, 3.8) is 0 Å². The first-order chi connectivity index (χ1) is 4.00. The topological polar surface area (TPSA) is 27.7 Å². The zero-order chi connectivity index (χ0) is 5.66. The Morgan fingerprint density at radius 2 is 2.12 bits per heavy atom. The molecule has 1 aliphatic heterocycles. The van der Waals surface area contributed by atoms with E-state index in [9.17, 15) is 0 Å². The molecule has 1 saturated heterocycles. The average molecular weight is 117 g/mol. The minimum absolute atomic E-state index is 0.319. The van der Waals surface area contributed by atoms with Gasteiger partial charge in [-0.2, -0.15) is 0 Å². The summed E-state index contributed by atoms with van der Waals surface area (Å²) in [4.78, 5) is 0. The maximum Gasteiger partial charge on any atom is 0.211 e. The molecule has 0 aromatic carbocycles. The Labute approximate surface area is 48.5 Å². The average Bonchev–Trinajstić information content (AvgIpc) is 1.62. The fraction of sp³-hybridized carbons (Fsp3) is 0.800. The van der Waals surface area contributed by atoms with Gasteiger partial charge in [0.15, 0.2) is 0 Å². The van der Waals surface area contributed by atoms with E-state index >= 15 is 0 Å². The van der Waals surface area contributed by atoms with Gasteiger partial charge in [0.25, 0.3) is 0 Å². The van der Waals surface area contributed by atoms with Gasteiger partial charge in [-0.25, -0.2) is 0 Å². The third-order valence-electron chi connectivity index (χ3n) is 0.838. The molecular weight excluding hydrogens is 108 g/mol. The molecule has 1 heterocycles. The quantitative estimate of drug-likeness (QED) is 0.463. The predicted octanol–water partition coefficient (Wildman–Crippen LogP) is 0.517. The third kappa shape index (κ3) is 2.26. The van der Waals surface area contributed by atoms with Crippen LogP contribution in [0.4, 0.5) is 0 Å². The van der Waals surface area contributed by atoms with E-state index in [1.54, 1.807) is 0 Å². The van der Waals surface area contributed by atoms with Crippen LogP contribution in [0.15, 0.2) is 0 Å². The zero-order valence-corrected chi connectivity index (χ0v) is 4.63. The zero-order valence-electron chi connectivity index (χ0n) is 4.63. The number of hydrogen-bond acceptors (Lipinski definition) is 3. The van der Waals surface area contributed by atoms with Crippen molar-refractivity contribution in [3.05, 3.63) is 6.79 Å². The van der Waals surface area contributed by atoms with Gasteiger partial charge in [0.05, 0.1) is 13.2 Å². The van der Waals surface area contributed by atoms with Gasteiger partial charge in [-0.05, 0) is 6.42 Å². The van der Waals surface area contributed by atoms with Crippen LogP contribution in [0, 0.1) is 6.79 Å². The van der Waals surface area contributed by atoms with Crippen molar-refractivity contribution in [2.75, 3.05) is 20.0 Å². The van der Waals surface area contributed by atoms with Crippen molar-refractivity contribution in [1.82, 2.24) is 0 Å². The van der Waals surface area contributed by atoms with Crippen molar-refractivity contribution in [2.45, 2.75) is 6.42 Å². The Kier molecular flexibility index (Phi) is 2.88. The molecule has 0 spiro atoms. The maximum atomic E-state index is 4.94. The van der Waals surface area contributed by atoms with Crippen LogP contribution in [-0.4, -0.2) is 20.0 Å². The SMILES string of the molecule is [CH]1OCCCOCO1. The Balaban J connectivity index is 2.00. The molecule has 3 heteroatoms. The molecule has 1 radical (unpaired) electrons. The van der Waals surface area contributed by atoms with E-state index in [1.165, 1.54) is 6.79 Å². The molecule has 0 aromatic rings. The molecule has 1 fully saturated rings. The molecule has 0 aromatic heterocycles. The van der Waals surface area contributed by atoms with Crippen LogP contribution in [0.5, 0.6) is 0 Å². The highest BCUT2D eigenvalue weighted by atomic mass is 16.7. The van der Waals surface area contributed by atoms with Crippen LogP contribution in [0.25, 0.3) is 0 Å². The molecule has 1 aliphatic rings. The number of hydrogen-bond donors (Lipinski definition) is 0. The first-order valence-electron chi connectivity index (χ1n) is 2.63. The Bertz CT molecular complexity index is 31.6. The van der Waals surface area contributed by atoms with Crippen molar-refractivity contribution in [2.24, 2.45) is 0 Å². The van der Waals surface area contributed by atoms with E-state index in [1.807, 2.05) is 0 Å². The highest BCUT2D eigenvalue weighted by molar-refractivity contribution is 4.37. The minimum atomic E-state index is 0.319. The molecule has 0 saturated carbocycles. The molecule has 8 heavy (non-hydrogen) atoms. The summed E-state index contributed by atoms with van der Waals surface area (Å²) in [7, 11) is 0. The molecule has 3 nitrogen and oxygen atoms in total. The fourth-order valence-corrected chi connectivity index (χ4v) is 0.475. The van der Waals surface area contributed by atoms with Crippen LogP contribution < -0.4 is 0 Å². The summed E-state index contributed by atoms with van der Waals surface area (Å²) in [5.74, 6) is 0.